The number of aliphatic hydroxyl groups is 2. The molecule has 2 saturated heterocycles. The molecule has 3 aliphatic rings. The number of aliphatic hydroxyl groups excluding tert-OH is 1. The molecule has 1 unspecified atom stereocenters. The first-order valence-corrected chi connectivity index (χ1v) is 10.4. The lowest BCUT2D eigenvalue weighted by Gasteiger charge is -2.45. The first-order valence-electron chi connectivity index (χ1n) is 10.4. The van der Waals surface area contributed by atoms with Crippen LogP contribution >= 0.6 is 0 Å². The molecule has 2 heterocycles. The zero-order chi connectivity index (χ0) is 20.1. The van der Waals surface area contributed by atoms with Crippen LogP contribution in [0.1, 0.15) is 66.7 Å². The average molecular weight is 381 g/mol. The fourth-order valence-corrected chi connectivity index (χ4v) is 5.90. The molecule has 0 amide bonds. The maximum absolute atomic E-state index is 11.9. The number of carbonyl (C=O) groups is 1. The van der Waals surface area contributed by atoms with Crippen LogP contribution in [0, 0.1) is 23.7 Å². The van der Waals surface area contributed by atoms with Crippen LogP contribution in [0.4, 0.5) is 0 Å². The zero-order valence-corrected chi connectivity index (χ0v) is 17.4. The van der Waals surface area contributed by atoms with Crippen LogP contribution in [0.25, 0.3) is 0 Å². The smallest absolute Gasteiger partial charge is 0.303 e. The van der Waals surface area contributed by atoms with E-state index in [2.05, 4.69) is 20.4 Å². The summed E-state index contributed by atoms with van der Waals surface area (Å²) in [6.45, 7) is 13.9. The first-order chi connectivity index (χ1) is 12.5. The third-order valence-corrected chi connectivity index (χ3v) is 7.33. The summed E-state index contributed by atoms with van der Waals surface area (Å²) in [6.07, 6.45) is 1.88. The quantitative estimate of drug-likeness (QED) is 0.568. The van der Waals surface area contributed by atoms with Crippen molar-refractivity contribution < 1.29 is 24.5 Å². The van der Waals surface area contributed by atoms with E-state index in [0.29, 0.717) is 31.1 Å². The summed E-state index contributed by atoms with van der Waals surface area (Å²) >= 11 is 0. The van der Waals surface area contributed by atoms with Gasteiger partial charge in [0.2, 0.25) is 0 Å². The number of fused-ring (bicyclic) bond motifs is 5. The van der Waals surface area contributed by atoms with E-state index in [1.165, 1.54) is 12.5 Å². The van der Waals surface area contributed by atoms with Gasteiger partial charge >= 0.3 is 5.97 Å². The van der Waals surface area contributed by atoms with E-state index in [-0.39, 0.29) is 30.0 Å². The van der Waals surface area contributed by atoms with Gasteiger partial charge in [-0.2, -0.15) is 0 Å². The van der Waals surface area contributed by atoms with Crippen LogP contribution < -0.4 is 0 Å². The van der Waals surface area contributed by atoms with Crippen LogP contribution in [-0.4, -0.2) is 45.7 Å². The maximum atomic E-state index is 11.9. The van der Waals surface area contributed by atoms with Gasteiger partial charge in [-0.15, -0.1) is 0 Å². The summed E-state index contributed by atoms with van der Waals surface area (Å²) in [5.41, 5.74) is -0.896. The van der Waals surface area contributed by atoms with Gasteiger partial charge in [-0.3, -0.25) is 4.79 Å². The molecule has 3 fully saturated rings. The van der Waals surface area contributed by atoms with Crippen molar-refractivity contribution in [2.24, 2.45) is 23.7 Å². The van der Waals surface area contributed by atoms with Crippen molar-refractivity contribution >= 4 is 5.97 Å². The van der Waals surface area contributed by atoms with Gasteiger partial charge in [-0.05, 0) is 51.4 Å². The minimum absolute atomic E-state index is 0.128. The maximum Gasteiger partial charge on any atom is 0.303 e. The van der Waals surface area contributed by atoms with Crippen molar-refractivity contribution in [2.75, 3.05) is 0 Å². The van der Waals surface area contributed by atoms with Gasteiger partial charge in [0, 0.05) is 25.2 Å². The predicted octanol–water partition coefficient (Wildman–Crippen LogP) is 3.23. The van der Waals surface area contributed by atoms with Gasteiger partial charge < -0.3 is 19.7 Å². The normalized spacial score (nSPS) is 47.8. The summed E-state index contributed by atoms with van der Waals surface area (Å²) in [5.74, 6) is 0.956. The van der Waals surface area contributed by atoms with Gasteiger partial charge in [0.25, 0.3) is 0 Å². The van der Waals surface area contributed by atoms with Crippen molar-refractivity contribution in [3.05, 3.63) is 12.2 Å². The Morgan fingerprint density at radius 1 is 1.33 bits per heavy atom. The molecule has 5 heteroatoms. The molecule has 5 nitrogen and oxygen atoms in total. The fraction of sp³-hybridized carbons (Fsp3) is 0.864. The molecule has 1 saturated carbocycles. The number of hydrogen-bond donors (Lipinski definition) is 2. The van der Waals surface area contributed by atoms with E-state index in [4.69, 9.17) is 9.47 Å². The average Bonchev–Trinajstić information content (AvgIpc) is 2.92. The Bertz CT molecular complexity index is 598. The molecule has 0 radical (unpaired) electrons. The molecule has 2 N–H and O–H groups in total. The van der Waals surface area contributed by atoms with Gasteiger partial charge in [-0.1, -0.05) is 26.0 Å². The zero-order valence-electron chi connectivity index (χ0n) is 17.4. The molecule has 2 bridgehead atoms. The third kappa shape index (κ3) is 3.70. The van der Waals surface area contributed by atoms with E-state index in [9.17, 15) is 15.0 Å². The fourth-order valence-electron chi connectivity index (χ4n) is 5.90. The molecule has 3 rings (SSSR count). The Labute approximate surface area is 163 Å². The monoisotopic (exact) mass is 380 g/mol. The Balaban J connectivity index is 2.08. The largest absolute Gasteiger partial charge is 0.457 e. The summed E-state index contributed by atoms with van der Waals surface area (Å²) < 4.78 is 12.4. The summed E-state index contributed by atoms with van der Waals surface area (Å²) in [4.78, 5) is 11.9. The second-order valence-electron chi connectivity index (χ2n) is 9.83. The molecular formula is C22H36O5. The second kappa shape index (κ2) is 7.16. The minimum Gasteiger partial charge on any atom is -0.457 e. The van der Waals surface area contributed by atoms with E-state index in [1.807, 2.05) is 6.92 Å². The number of esters is 1. The Hall–Kier alpha value is -0.910. The third-order valence-electron chi connectivity index (χ3n) is 7.33. The molecule has 2 aliphatic heterocycles. The van der Waals surface area contributed by atoms with Gasteiger partial charge in [0.05, 0.1) is 17.8 Å². The lowest BCUT2D eigenvalue weighted by atomic mass is 9.60. The van der Waals surface area contributed by atoms with Crippen LogP contribution in [0.3, 0.4) is 0 Å². The van der Waals surface area contributed by atoms with E-state index in [0.717, 1.165) is 12.8 Å². The Morgan fingerprint density at radius 3 is 2.59 bits per heavy atom. The number of carbonyl (C=O) groups excluding carboxylic acids is 1. The van der Waals surface area contributed by atoms with Crippen molar-refractivity contribution in [1.29, 1.82) is 0 Å². The standard InChI is InChI=1S/C22H36O5/c1-12(2)15-8-7-13(3)18-16-11-21(5,25)17(24)9-10-22(6,27-14(4)23)20(26-16)19(15)18/h12,15-20,24-25H,3,7-11H2,1-2,4-6H3/t15-,16-,17+,18-,19-,20-,21+,22?/m1/s1. The van der Waals surface area contributed by atoms with Crippen LogP contribution in [-0.2, 0) is 14.3 Å². The predicted molar refractivity (Wildman–Crippen MR) is 103 cm³/mol. The minimum atomic E-state index is -1.24. The Kier molecular flexibility index (Phi) is 5.52. The topological polar surface area (TPSA) is 76.0 Å². The van der Waals surface area contributed by atoms with E-state index >= 15 is 0 Å². The molecule has 0 aromatic carbocycles. The van der Waals surface area contributed by atoms with Crippen molar-refractivity contribution in [2.45, 2.75) is 96.2 Å². The highest BCUT2D eigenvalue weighted by Gasteiger charge is 2.60. The molecule has 0 spiro atoms. The number of rotatable bonds is 2. The van der Waals surface area contributed by atoms with Crippen LogP contribution in [0.15, 0.2) is 12.2 Å². The van der Waals surface area contributed by atoms with Crippen LogP contribution in [0.5, 0.6) is 0 Å². The molecule has 8 atom stereocenters. The van der Waals surface area contributed by atoms with Crippen LogP contribution in [0.2, 0.25) is 0 Å². The molecule has 0 aromatic heterocycles. The molecule has 154 valence electrons. The van der Waals surface area contributed by atoms with Crippen molar-refractivity contribution in [3.8, 4) is 0 Å². The number of ether oxygens (including phenoxy) is 2. The highest BCUT2D eigenvalue weighted by molar-refractivity contribution is 5.66. The lowest BCUT2D eigenvalue weighted by Crippen LogP contribution is -2.51. The highest BCUT2D eigenvalue weighted by Crippen LogP contribution is 2.55. The summed E-state index contributed by atoms with van der Waals surface area (Å²) in [5, 5.41) is 21.5. The van der Waals surface area contributed by atoms with Gasteiger partial charge in [0.1, 0.15) is 11.7 Å². The number of hydrogen-bond acceptors (Lipinski definition) is 5. The lowest BCUT2D eigenvalue weighted by molar-refractivity contribution is -0.179. The SMILES string of the molecule is C=C1CC[C@H](C(C)C)[C@@H]2[C@H]1[C@H]1C[C@](C)(O)[C@@H](O)CCC(C)(OC(C)=O)[C@@H]2O1. The molecular weight excluding hydrogens is 344 g/mol. The van der Waals surface area contributed by atoms with Crippen molar-refractivity contribution in [1.82, 2.24) is 0 Å². The van der Waals surface area contributed by atoms with Crippen molar-refractivity contribution in [3.63, 3.8) is 0 Å². The van der Waals surface area contributed by atoms with Gasteiger partial charge in [-0.25, -0.2) is 0 Å². The summed E-state index contributed by atoms with van der Waals surface area (Å²) in [7, 11) is 0. The highest BCUT2D eigenvalue weighted by atomic mass is 16.6. The van der Waals surface area contributed by atoms with E-state index in [1.54, 1.807) is 6.92 Å². The molecule has 27 heavy (non-hydrogen) atoms. The second-order valence-corrected chi connectivity index (χ2v) is 9.83. The molecule has 1 aliphatic carbocycles. The molecule has 0 aromatic rings. The van der Waals surface area contributed by atoms with E-state index < -0.39 is 17.3 Å². The first kappa shape index (κ1) is 20.8. The van der Waals surface area contributed by atoms with Gasteiger partial charge in [0.15, 0.2) is 0 Å². The summed E-state index contributed by atoms with van der Waals surface area (Å²) in [6, 6.07) is 0. The Morgan fingerprint density at radius 2 is 2.00 bits per heavy atom.